The van der Waals surface area contributed by atoms with Gasteiger partial charge in [0.15, 0.2) is 0 Å². The van der Waals surface area contributed by atoms with Crippen LogP contribution in [0.4, 0.5) is 0 Å². The third kappa shape index (κ3) is 4.11. The van der Waals surface area contributed by atoms with Crippen LogP contribution in [0.3, 0.4) is 0 Å². The highest BCUT2D eigenvalue weighted by atomic mass is 16.5. The van der Waals surface area contributed by atoms with E-state index in [-0.39, 0.29) is 19.3 Å². The van der Waals surface area contributed by atoms with E-state index in [0.717, 1.165) is 12.8 Å². The van der Waals surface area contributed by atoms with Crippen LogP contribution in [0, 0.1) is 0 Å². The molecule has 0 bridgehead atoms. The van der Waals surface area contributed by atoms with Gasteiger partial charge in [0.05, 0.1) is 26.8 Å². The molecular formula is C14H20O3. The molecule has 17 heavy (non-hydrogen) atoms. The Morgan fingerprint density at radius 1 is 1.41 bits per heavy atom. The lowest BCUT2D eigenvalue weighted by Crippen LogP contribution is -2.33. The molecule has 94 valence electrons. The molecule has 1 aliphatic rings. The summed E-state index contributed by atoms with van der Waals surface area (Å²) >= 11 is 0. The van der Waals surface area contributed by atoms with E-state index in [1.54, 1.807) is 0 Å². The molecule has 1 saturated heterocycles. The van der Waals surface area contributed by atoms with Crippen molar-refractivity contribution in [2.45, 2.75) is 31.7 Å². The van der Waals surface area contributed by atoms with Crippen molar-refractivity contribution in [3.63, 3.8) is 0 Å². The van der Waals surface area contributed by atoms with Crippen LogP contribution in [-0.2, 0) is 20.8 Å². The molecule has 2 rings (SSSR count). The molecule has 3 nitrogen and oxygen atoms in total. The average molecular weight is 237 g/mol. The van der Waals surface area contributed by atoms with Crippen LogP contribution >= 0.6 is 0 Å². The molecule has 0 unspecified atom stereocenters. The fourth-order valence-electron chi connectivity index (χ4n) is 2.00. The highest BCUT2D eigenvalue weighted by Gasteiger charge is 2.22. The predicted octanol–water partition coefficient (Wildman–Crippen LogP) is 2.40. The average Bonchev–Trinajstić information content (AvgIpc) is 2.41. The molecule has 0 amide bonds. The summed E-state index contributed by atoms with van der Waals surface area (Å²) in [5, 5.41) is 0. The van der Waals surface area contributed by atoms with Crippen molar-refractivity contribution in [2.24, 2.45) is 0 Å². The third-order valence-electron chi connectivity index (χ3n) is 2.97. The van der Waals surface area contributed by atoms with Crippen molar-refractivity contribution < 1.29 is 15.6 Å². The Bertz CT molecular complexity index is 329. The summed E-state index contributed by atoms with van der Waals surface area (Å²) in [7, 11) is 0.0300. The zero-order chi connectivity index (χ0) is 12.6. The molecule has 1 aliphatic heterocycles. The maximum atomic E-state index is 7.06. The minimum absolute atomic E-state index is 0.0300. The molecule has 0 spiro atoms. The Morgan fingerprint density at radius 2 is 2.29 bits per heavy atom. The van der Waals surface area contributed by atoms with Crippen LogP contribution in [0.15, 0.2) is 30.3 Å². The summed E-state index contributed by atoms with van der Waals surface area (Å²) in [5.74, 6) is 0. The smallest absolute Gasteiger partial charge is 0.0833 e. The van der Waals surface area contributed by atoms with Gasteiger partial charge in [-0.15, -0.1) is 0 Å². The molecule has 0 aromatic heterocycles. The monoisotopic (exact) mass is 237 g/mol. The first-order chi connectivity index (χ1) is 8.88. The second-order valence-corrected chi connectivity index (χ2v) is 4.31. The van der Waals surface area contributed by atoms with Gasteiger partial charge in [-0.2, -0.15) is 0 Å². The first-order valence-electron chi connectivity index (χ1n) is 6.73. The third-order valence-corrected chi connectivity index (χ3v) is 2.97. The molecule has 2 atom stereocenters. The van der Waals surface area contributed by atoms with Crippen molar-refractivity contribution in [1.29, 1.82) is 0 Å². The fourth-order valence-corrected chi connectivity index (χ4v) is 2.00. The Kier molecular flexibility index (Phi) is 4.44. The second-order valence-electron chi connectivity index (χ2n) is 4.31. The van der Waals surface area contributed by atoms with Crippen LogP contribution in [0.5, 0.6) is 0 Å². The molecule has 1 aromatic rings. The van der Waals surface area contributed by atoms with Crippen molar-refractivity contribution in [2.75, 3.05) is 20.3 Å². The number of rotatable bonds is 5. The Balaban J connectivity index is 1.67. The number of hydrogen-bond donors (Lipinski definition) is 0. The van der Waals surface area contributed by atoms with Crippen LogP contribution in [0.2, 0.25) is 0 Å². The van der Waals surface area contributed by atoms with Gasteiger partial charge in [0, 0.05) is 20.1 Å². The Labute approximate surface area is 104 Å². The molecule has 0 N–H and O–H groups in total. The number of hydrogen-bond acceptors (Lipinski definition) is 3. The van der Waals surface area contributed by atoms with Crippen molar-refractivity contribution in [3.05, 3.63) is 35.9 Å². The quantitative estimate of drug-likeness (QED) is 0.787. The fraction of sp³-hybridized carbons (Fsp3) is 0.571. The van der Waals surface area contributed by atoms with Gasteiger partial charge in [-0.05, 0) is 12.0 Å². The molecule has 0 saturated carbocycles. The van der Waals surface area contributed by atoms with E-state index >= 15 is 0 Å². The molecule has 0 radical (unpaired) electrons. The van der Waals surface area contributed by atoms with Gasteiger partial charge < -0.3 is 14.2 Å². The van der Waals surface area contributed by atoms with Gasteiger partial charge in [-0.1, -0.05) is 30.3 Å². The standard InChI is InChI=1S/C14H20O3/c1-15-13-7-8-17-14(9-13)11-16-10-12-5-3-2-4-6-12/h2-6,13-14H,7-11H2,1H3/t13-,14+/m1/s1/i1D. The van der Waals surface area contributed by atoms with Crippen LogP contribution in [0.25, 0.3) is 0 Å². The zero-order valence-corrected chi connectivity index (χ0v) is 10.0. The summed E-state index contributed by atoms with van der Waals surface area (Å²) in [6, 6.07) is 10.1. The zero-order valence-electron chi connectivity index (χ0n) is 11.0. The maximum absolute atomic E-state index is 7.06. The minimum Gasteiger partial charge on any atom is -0.381 e. The molecule has 3 heteroatoms. The summed E-state index contributed by atoms with van der Waals surface area (Å²) < 4.78 is 23.7. The van der Waals surface area contributed by atoms with Gasteiger partial charge in [-0.3, -0.25) is 0 Å². The van der Waals surface area contributed by atoms with E-state index in [2.05, 4.69) is 0 Å². The first kappa shape index (κ1) is 11.2. The molecule has 1 aromatic carbocycles. The van der Waals surface area contributed by atoms with E-state index in [0.29, 0.717) is 19.8 Å². The van der Waals surface area contributed by atoms with Crippen molar-refractivity contribution in [1.82, 2.24) is 0 Å². The predicted molar refractivity (Wildman–Crippen MR) is 65.9 cm³/mol. The van der Waals surface area contributed by atoms with Crippen molar-refractivity contribution >= 4 is 0 Å². The summed E-state index contributed by atoms with van der Waals surface area (Å²) in [4.78, 5) is 0. The molecular weight excluding hydrogens is 216 g/mol. The number of ether oxygens (including phenoxy) is 3. The topological polar surface area (TPSA) is 27.7 Å². The van der Waals surface area contributed by atoms with Crippen molar-refractivity contribution in [3.8, 4) is 0 Å². The van der Waals surface area contributed by atoms with Gasteiger partial charge in [-0.25, -0.2) is 0 Å². The molecule has 0 aliphatic carbocycles. The van der Waals surface area contributed by atoms with Crippen LogP contribution < -0.4 is 0 Å². The Hall–Kier alpha value is -0.900. The minimum atomic E-state index is 0.0300. The van der Waals surface area contributed by atoms with E-state index in [9.17, 15) is 0 Å². The SMILES string of the molecule is [2H]CO[C@@H]1CCO[C@H](COCc2ccccc2)C1. The molecule has 1 heterocycles. The first-order valence-corrected chi connectivity index (χ1v) is 6.02. The highest BCUT2D eigenvalue weighted by Crippen LogP contribution is 2.16. The lowest BCUT2D eigenvalue weighted by Gasteiger charge is -2.28. The van der Waals surface area contributed by atoms with Gasteiger partial charge in [0.25, 0.3) is 0 Å². The van der Waals surface area contributed by atoms with E-state index in [1.165, 1.54) is 5.56 Å². The van der Waals surface area contributed by atoms with E-state index < -0.39 is 0 Å². The number of methoxy groups -OCH3 is 1. The summed E-state index contributed by atoms with van der Waals surface area (Å²) in [6.07, 6.45) is 1.96. The van der Waals surface area contributed by atoms with Gasteiger partial charge in [0.1, 0.15) is 0 Å². The lowest BCUT2D eigenvalue weighted by molar-refractivity contribution is -0.0904. The van der Waals surface area contributed by atoms with Crippen LogP contribution in [0.1, 0.15) is 19.8 Å². The van der Waals surface area contributed by atoms with Crippen LogP contribution in [-0.4, -0.2) is 32.5 Å². The lowest BCUT2D eigenvalue weighted by atomic mass is 10.1. The van der Waals surface area contributed by atoms with Gasteiger partial charge in [0.2, 0.25) is 0 Å². The number of benzene rings is 1. The summed E-state index contributed by atoms with van der Waals surface area (Å²) in [6.45, 7) is 1.90. The largest absolute Gasteiger partial charge is 0.381 e. The van der Waals surface area contributed by atoms with E-state index in [4.69, 9.17) is 15.6 Å². The Morgan fingerprint density at radius 3 is 3.12 bits per heavy atom. The highest BCUT2D eigenvalue weighted by molar-refractivity contribution is 5.13. The normalized spacial score (nSPS) is 25.5. The molecule has 1 fully saturated rings. The van der Waals surface area contributed by atoms with E-state index in [1.807, 2.05) is 30.3 Å². The summed E-state index contributed by atoms with van der Waals surface area (Å²) in [5.41, 5.74) is 1.17. The second kappa shape index (κ2) is 6.74. The maximum Gasteiger partial charge on any atom is 0.0833 e. The van der Waals surface area contributed by atoms with Gasteiger partial charge >= 0.3 is 0 Å².